The van der Waals surface area contributed by atoms with E-state index in [2.05, 4.69) is 15.0 Å². The summed E-state index contributed by atoms with van der Waals surface area (Å²) in [6, 6.07) is 5.78. The van der Waals surface area contributed by atoms with E-state index in [1.54, 1.807) is 12.1 Å². The number of anilines is 1. The summed E-state index contributed by atoms with van der Waals surface area (Å²) in [5.41, 5.74) is 6.63. The van der Waals surface area contributed by atoms with Gasteiger partial charge in [-0.05, 0) is 24.3 Å². The number of hydrogen-bond donors (Lipinski definition) is 2. The Morgan fingerprint density at radius 3 is 2.78 bits per heavy atom. The summed E-state index contributed by atoms with van der Waals surface area (Å²) in [6.07, 6.45) is 1.52. The van der Waals surface area contributed by atoms with E-state index in [-0.39, 0.29) is 5.52 Å². The van der Waals surface area contributed by atoms with Crippen molar-refractivity contribution in [2.45, 2.75) is 0 Å². The van der Waals surface area contributed by atoms with Gasteiger partial charge in [-0.1, -0.05) is 0 Å². The Labute approximate surface area is 100 Å². The highest BCUT2D eigenvalue weighted by Gasteiger charge is 2.12. The number of benzene rings is 1. The van der Waals surface area contributed by atoms with E-state index < -0.39 is 11.6 Å². The molecule has 0 bridgehead atoms. The summed E-state index contributed by atoms with van der Waals surface area (Å²) in [5, 5.41) is 0. The first-order valence-corrected chi connectivity index (χ1v) is 5.21. The van der Waals surface area contributed by atoms with Gasteiger partial charge in [-0.15, -0.1) is 0 Å². The lowest BCUT2D eigenvalue weighted by atomic mass is 10.2. The number of nitrogen functional groups attached to an aromatic ring is 1. The zero-order valence-corrected chi connectivity index (χ0v) is 9.11. The van der Waals surface area contributed by atoms with Crippen LogP contribution in [0.4, 0.5) is 14.6 Å². The fourth-order valence-corrected chi connectivity index (χ4v) is 1.75. The van der Waals surface area contributed by atoms with E-state index >= 15 is 0 Å². The molecular weight excluding hydrogens is 238 g/mol. The van der Waals surface area contributed by atoms with Crippen molar-refractivity contribution in [1.29, 1.82) is 0 Å². The van der Waals surface area contributed by atoms with Crippen molar-refractivity contribution < 1.29 is 8.78 Å². The lowest BCUT2D eigenvalue weighted by Gasteiger charge is -1.96. The first kappa shape index (κ1) is 10.6. The number of H-pyrrole nitrogens is 1. The predicted octanol–water partition coefficient (Wildman–Crippen LogP) is 2.49. The van der Waals surface area contributed by atoms with Crippen molar-refractivity contribution in [3.8, 4) is 11.4 Å². The fraction of sp³-hybridized carbons (Fsp3) is 0. The molecule has 0 saturated carbocycles. The van der Waals surface area contributed by atoms with E-state index in [1.807, 2.05) is 0 Å². The molecule has 0 fully saturated rings. The van der Waals surface area contributed by atoms with Crippen LogP contribution in [0.5, 0.6) is 0 Å². The number of halogens is 2. The van der Waals surface area contributed by atoms with Crippen molar-refractivity contribution in [3.05, 3.63) is 42.1 Å². The molecule has 0 atom stereocenters. The molecule has 0 saturated heterocycles. The Kier molecular flexibility index (Phi) is 2.22. The number of nitrogens with two attached hydrogens (primary N) is 1. The van der Waals surface area contributed by atoms with Gasteiger partial charge in [-0.2, -0.15) is 0 Å². The average Bonchev–Trinajstić information content (AvgIpc) is 2.79. The van der Waals surface area contributed by atoms with E-state index in [9.17, 15) is 8.78 Å². The third-order valence-corrected chi connectivity index (χ3v) is 2.60. The molecule has 0 spiro atoms. The summed E-state index contributed by atoms with van der Waals surface area (Å²) < 4.78 is 26.6. The minimum atomic E-state index is -0.961. The number of nitrogens with zero attached hydrogens (tertiary/aromatic N) is 2. The molecule has 0 aliphatic carbocycles. The fourth-order valence-electron chi connectivity index (χ4n) is 1.75. The highest BCUT2D eigenvalue weighted by Crippen LogP contribution is 2.23. The van der Waals surface area contributed by atoms with Gasteiger partial charge in [0.05, 0.1) is 5.52 Å². The normalized spacial score (nSPS) is 11.0. The highest BCUT2D eigenvalue weighted by molar-refractivity contribution is 5.80. The second-order valence-corrected chi connectivity index (χ2v) is 3.81. The molecule has 1 aromatic carbocycles. The minimum Gasteiger partial charge on any atom is -0.384 e. The maximum atomic E-state index is 13.5. The molecule has 0 aliphatic heterocycles. The largest absolute Gasteiger partial charge is 0.384 e. The maximum Gasteiger partial charge on any atom is 0.186 e. The molecule has 4 nitrogen and oxygen atoms in total. The van der Waals surface area contributed by atoms with E-state index in [0.29, 0.717) is 22.7 Å². The Morgan fingerprint density at radius 1 is 1.17 bits per heavy atom. The molecular formula is C12H8F2N4. The summed E-state index contributed by atoms with van der Waals surface area (Å²) in [7, 11) is 0. The summed E-state index contributed by atoms with van der Waals surface area (Å²) >= 11 is 0. The molecule has 0 aliphatic rings. The molecule has 0 unspecified atom stereocenters. The van der Waals surface area contributed by atoms with Crippen molar-refractivity contribution in [2.24, 2.45) is 0 Å². The third kappa shape index (κ3) is 1.58. The number of pyridine rings is 1. The zero-order chi connectivity index (χ0) is 12.7. The topological polar surface area (TPSA) is 67.6 Å². The quantitative estimate of drug-likeness (QED) is 0.693. The van der Waals surface area contributed by atoms with Gasteiger partial charge in [0.1, 0.15) is 17.2 Å². The van der Waals surface area contributed by atoms with Gasteiger partial charge in [0.25, 0.3) is 0 Å². The van der Waals surface area contributed by atoms with Crippen LogP contribution in [0, 0.1) is 11.6 Å². The zero-order valence-electron chi connectivity index (χ0n) is 9.11. The second kappa shape index (κ2) is 3.76. The van der Waals surface area contributed by atoms with Crippen LogP contribution in [0.25, 0.3) is 22.4 Å². The standard InChI is InChI=1S/C12H8F2N4/c13-7-1-2-8-11(10(7)14)18-12(17-8)6-3-4-16-9(15)5-6/h1-5H,(H2,15,16)(H,17,18). The van der Waals surface area contributed by atoms with Gasteiger partial charge >= 0.3 is 0 Å². The molecule has 3 rings (SSSR count). The maximum absolute atomic E-state index is 13.5. The Morgan fingerprint density at radius 2 is 2.00 bits per heavy atom. The van der Waals surface area contributed by atoms with Gasteiger partial charge in [0.15, 0.2) is 11.6 Å². The van der Waals surface area contributed by atoms with E-state index in [1.165, 1.54) is 12.3 Å². The van der Waals surface area contributed by atoms with Crippen molar-refractivity contribution in [3.63, 3.8) is 0 Å². The first-order chi connectivity index (χ1) is 8.65. The number of imidazole rings is 1. The highest BCUT2D eigenvalue weighted by atomic mass is 19.2. The molecule has 3 N–H and O–H groups in total. The van der Waals surface area contributed by atoms with Crippen LogP contribution in [-0.2, 0) is 0 Å². The SMILES string of the molecule is Nc1cc(-c2nc3c(F)c(F)ccc3[nH]2)ccn1. The molecule has 2 aromatic heterocycles. The van der Waals surface area contributed by atoms with Crippen molar-refractivity contribution in [1.82, 2.24) is 15.0 Å². The van der Waals surface area contributed by atoms with Crippen LogP contribution >= 0.6 is 0 Å². The molecule has 0 radical (unpaired) electrons. The molecule has 90 valence electrons. The minimum absolute atomic E-state index is 0.0274. The number of aromatic amines is 1. The number of rotatable bonds is 1. The number of aromatic nitrogens is 3. The van der Waals surface area contributed by atoms with Gasteiger partial charge < -0.3 is 10.7 Å². The molecule has 2 heterocycles. The first-order valence-electron chi connectivity index (χ1n) is 5.21. The lowest BCUT2D eigenvalue weighted by molar-refractivity contribution is 0.515. The van der Waals surface area contributed by atoms with Gasteiger partial charge in [-0.3, -0.25) is 0 Å². The molecule has 0 amide bonds. The number of fused-ring (bicyclic) bond motifs is 1. The second-order valence-electron chi connectivity index (χ2n) is 3.81. The Balaban J connectivity index is 2.23. The summed E-state index contributed by atoms with van der Waals surface area (Å²) in [5.74, 6) is -1.13. The van der Waals surface area contributed by atoms with Crippen LogP contribution in [-0.4, -0.2) is 15.0 Å². The van der Waals surface area contributed by atoms with Crippen LogP contribution in [0.2, 0.25) is 0 Å². The van der Waals surface area contributed by atoms with Crippen molar-refractivity contribution >= 4 is 16.9 Å². The molecule has 18 heavy (non-hydrogen) atoms. The number of hydrogen-bond acceptors (Lipinski definition) is 3. The van der Waals surface area contributed by atoms with Gasteiger partial charge in [0, 0.05) is 11.8 Å². The van der Waals surface area contributed by atoms with Gasteiger partial charge in [0.2, 0.25) is 0 Å². The smallest absolute Gasteiger partial charge is 0.186 e. The number of nitrogens with one attached hydrogen (secondary N) is 1. The monoisotopic (exact) mass is 246 g/mol. The Bertz CT molecular complexity index is 736. The summed E-state index contributed by atoms with van der Waals surface area (Å²) in [4.78, 5) is 10.8. The summed E-state index contributed by atoms with van der Waals surface area (Å²) in [6.45, 7) is 0. The molecule has 3 aromatic rings. The van der Waals surface area contributed by atoms with Crippen LogP contribution in [0.15, 0.2) is 30.5 Å². The van der Waals surface area contributed by atoms with E-state index in [4.69, 9.17) is 5.73 Å². The third-order valence-electron chi connectivity index (χ3n) is 2.60. The van der Waals surface area contributed by atoms with Crippen molar-refractivity contribution in [2.75, 3.05) is 5.73 Å². The van der Waals surface area contributed by atoms with Crippen LogP contribution in [0.1, 0.15) is 0 Å². The van der Waals surface area contributed by atoms with Crippen LogP contribution < -0.4 is 5.73 Å². The Hall–Kier alpha value is -2.50. The van der Waals surface area contributed by atoms with Crippen LogP contribution in [0.3, 0.4) is 0 Å². The average molecular weight is 246 g/mol. The van der Waals surface area contributed by atoms with Gasteiger partial charge in [-0.25, -0.2) is 18.7 Å². The van der Waals surface area contributed by atoms with E-state index in [0.717, 1.165) is 6.07 Å². The lowest BCUT2D eigenvalue weighted by Crippen LogP contribution is -1.90. The molecule has 6 heteroatoms. The predicted molar refractivity (Wildman–Crippen MR) is 63.7 cm³/mol.